The van der Waals surface area contributed by atoms with Gasteiger partial charge in [0, 0.05) is 23.3 Å². The van der Waals surface area contributed by atoms with E-state index in [1.54, 1.807) is 54.6 Å². The normalized spacial score (nSPS) is 13.7. The SMILES string of the molecule is C=C(CC(O)C(F)(F)F)C(=O)OCc1ccc2c(c1)OCO2.C=C(CS(=O)(=O)c1ccccc1)C(=O)OCc1ccc2c(c1)OCO2.CC(O)[Si](C)(C)c1ccccc1. The highest BCUT2D eigenvalue weighted by molar-refractivity contribution is 7.91. The summed E-state index contributed by atoms with van der Waals surface area (Å²) >= 11 is 0. The smallest absolute Gasteiger partial charge is 0.414 e. The Hall–Kier alpha value is -5.62. The molecule has 2 aliphatic heterocycles. The van der Waals surface area contributed by atoms with E-state index in [1.807, 2.05) is 25.1 Å². The topological polar surface area (TPSA) is 164 Å². The van der Waals surface area contributed by atoms with Crippen LogP contribution in [0, 0.1) is 0 Å². The van der Waals surface area contributed by atoms with Crippen molar-refractivity contribution in [3.8, 4) is 23.0 Å². The minimum absolute atomic E-state index is 0.0140. The number of aliphatic hydroxyl groups is 2. The van der Waals surface area contributed by atoms with Crippen LogP contribution in [0.15, 0.2) is 126 Å². The molecule has 0 radical (unpaired) electrons. The highest BCUT2D eigenvalue weighted by atomic mass is 32.2. The molecule has 6 rings (SSSR count). The minimum Gasteiger partial charge on any atom is -0.457 e. The molecule has 4 aromatic rings. The molecule has 0 saturated carbocycles. The number of halogens is 3. The molecule has 12 nitrogen and oxygen atoms in total. The molecule has 0 aromatic heterocycles. The highest BCUT2D eigenvalue weighted by Crippen LogP contribution is 2.34. The third kappa shape index (κ3) is 13.5. The molecule has 2 unspecified atom stereocenters. The molecule has 17 heteroatoms. The number of rotatable bonds is 13. The first kappa shape index (κ1) is 46.1. The summed E-state index contributed by atoms with van der Waals surface area (Å²) in [7, 11) is -5.23. The number of fused-ring (bicyclic) bond motifs is 2. The van der Waals surface area contributed by atoms with Crippen molar-refractivity contribution in [2.45, 2.75) is 62.6 Å². The first-order chi connectivity index (χ1) is 27.8. The number of benzene rings is 4. The van der Waals surface area contributed by atoms with Gasteiger partial charge in [-0.2, -0.15) is 13.2 Å². The van der Waals surface area contributed by atoms with Gasteiger partial charge in [0.05, 0.1) is 10.6 Å². The van der Waals surface area contributed by atoms with E-state index in [4.69, 9.17) is 33.5 Å². The molecule has 0 aliphatic carbocycles. The molecule has 0 amide bonds. The molecule has 2 atom stereocenters. The monoisotopic (exact) mass is 858 g/mol. The van der Waals surface area contributed by atoms with Gasteiger partial charge in [-0.1, -0.05) is 92.1 Å². The Morgan fingerprint density at radius 2 is 1.17 bits per heavy atom. The second kappa shape index (κ2) is 20.4. The third-order valence-corrected chi connectivity index (χ3v) is 14.7. The number of alkyl halides is 3. The van der Waals surface area contributed by atoms with Crippen LogP contribution in [0.1, 0.15) is 24.5 Å². The standard InChI is InChI=1S/C18H16O6S.C14H13F3O5.C10H16OSi/c1-13(11-25(20,21)15-5-3-2-4-6-15)18(19)22-10-14-7-8-16-17(9-14)24-12-23-16;1-8(4-12(18)14(15,16)17)13(19)20-6-9-2-3-10-11(5-9)22-7-21-10;1-9(11)12(2,3)10-7-5-4-6-8-10/h2-9H,1,10-12H2;2-3,5,12,18H,1,4,6-7H2;4-9,11H,1-3H3. The fraction of sp³-hybridized carbons (Fsp3) is 0.286. The van der Waals surface area contributed by atoms with Crippen LogP contribution in [0.3, 0.4) is 0 Å². The van der Waals surface area contributed by atoms with E-state index in [2.05, 4.69) is 38.4 Å². The second-order valence-corrected chi connectivity index (χ2v) is 20.7. The number of carbonyl (C=O) groups excluding carboxylic acids is 2. The summed E-state index contributed by atoms with van der Waals surface area (Å²) in [6, 6.07) is 28.2. The van der Waals surface area contributed by atoms with Gasteiger partial charge in [0.25, 0.3) is 0 Å². The largest absolute Gasteiger partial charge is 0.457 e. The van der Waals surface area contributed by atoms with Crippen molar-refractivity contribution in [2.75, 3.05) is 19.3 Å². The van der Waals surface area contributed by atoms with E-state index in [-0.39, 0.29) is 43.0 Å². The summed E-state index contributed by atoms with van der Waals surface area (Å²) in [6.45, 7) is 13.1. The Bertz CT molecular complexity index is 2200. The minimum atomic E-state index is -4.81. The second-order valence-electron chi connectivity index (χ2n) is 13.8. The van der Waals surface area contributed by atoms with Gasteiger partial charge in [-0.25, -0.2) is 18.0 Å². The van der Waals surface area contributed by atoms with Gasteiger partial charge >= 0.3 is 18.1 Å². The van der Waals surface area contributed by atoms with Crippen molar-refractivity contribution in [3.63, 3.8) is 0 Å². The van der Waals surface area contributed by atoms with E-state index in [0.29, 0.717) is 34.1 Å². The van der Waals surface area contributed by atoms with E-state index < -0.39 is 59.9 Å². The van der Waals surface area contributed by atoms with Crippen LogP contribution in [0.25, 0.3) is 0 Å². The quantitative estimate of drug-likeness (QED) is 0.0873. The molecule has 59 heavy (non-hydrogen) atoms. The maximum atomic E-state index is 12.3. The van der Waals surface area contributed by atoms with Gasteiger partial charge < -0.3 is 38.6 Å². The third-order valence-electron chi connectivity index (χ3n) is 9.04. The number of esters is 2. The van der Waals surface area contributed by atoms with Gasteiger partial charge in [-0.15, -0.1) is 0 Å². The van der Waals surface area contributed by atoms with Gasteiger partial charge in [0.15, 0.2) is 38.9 Å². The van der Waals surface area contributed by atoms with Crippen LogP contribution >= 0.6 is 0 Å². The zero-order valence-electron chi connectivity index (χ0n) is 32.6. The van der Waals surface area contributed by atoms with Gasteiger partial charge in [-0.05, 0) is 54.4 Å². The Morgan fingerprint density at radius 3 is 1.63 bits per heavy atom. The molecule has 316 valence electrons. The number of ether oxygens (including phenoxy) is 6. The molecule has 4 aromatic carbocycles. The summed E-state index contributed by atoms with van der Waals surface area (Å²) in [5.41, 5.74) is 0.535. The molecule has 2 aliphatic rings. The molecule has 0 fully saturated rings. The summed E-state index contributed by atoms with van der Waals surface area (Å²) in [4.78, 5) is 23.7. The molecule has 2 heterocycles. The highest BCUT2D eigenvalue weighted by Gasteiger charge is 2.39. The van der Waals surface area contributed by atoms with Crippen LogP contribution in [0.2, 0.25) is 13.1 Å². The predicted octanol–water partition coefficient (Wildman–Crippen LogP) is 6.34. The number of aliphatic hydroxyl groups excluding tert-OH is 2. The summed E-state index contributed by atoms with van der Waals surface area (Å²) in [6.07, 6.45) is -8.37. The first-order valence-electron chi connectivity index (χ1n) is 18.0. The zero-order chi connectivity index (χ0) is 43.4. The summed E-state index contributed by atoms with van der Waals surface area (Å²) in [5.74, 6) is 0.0371. The van der Waals surface area contributed by atoms with Crippen LogP contribution in [0.5, 0.6) is 23.0 Å². The molecule has 0 bridgehead atoms. The van der Waals surface area contributed by atoms with Gasteiger partial charge in [0.1, 0.15) is 21.3 Å². The van der Waals surface area contributed by atoms with Crippen LogP contribution in [-0.2, 0) is 42.1 Å². The van der Waals surface area contributed by atoms with E-state index in [9.17, 15) is 36.3 Å². The molecule has 0 saturated heterocycles. The Balaban J connectivity index is 0.000000207. The van der Waals surface area contributed by atoms with Crippen molar-refractivity contribution in [1.29, 1.82) is 0 Å². The molecular formula is C42H45F3O12SSi. The lowest BCUT2D eigenvalue weighted by Gasteiger charge is -2.25. The van der Waals surface area contributed by atoms with E-state index in [1.165, 1.54) is 17.3 Å². The maximum absolute atomic E-state index is 12.3. The lowest BCUT2D eigenvalue weighted by Crippen LogP contribution is -2.51. The van der Waals surface area contributed by atoms with Crippen molar-refractivity contribution < 1.29 is 69.8 Å². The number of hydrogen-bond acceptors (Lipinski definition) is 12. The fourth-order valence-electron chi connectivity index (χ4n) is 5.10. The predicted molar refractivity (Wildman–Crippen MR) is 213 cm³/mol. The van der Waals surface area contributed by atoms with Crippen LogP contribution in [0.4, 0.5) is 13.2 Å². The lowest BCUT2D eigenvalue weighted by molar-refractivity contribution is -0.203. The zero-order valence-corrected chi connectivity index (χ0v) is 34.4. The van der Waals surface area contributed by atoms with E-state index >= 15 is 0 Å². The van der Waals surface area contributed by atoms with Crippen LogP contribution in [-0.4, -0.2) is 76.0 Å². The maximum Gasteiger partial charge on any atom is 0.414 e. The fourth-order valence-corrected chi connectivity index (χ4v) is 7.95. The summed E-state index contributed by atoms with van der Waals surface area (Å²) < 4.78 is 91.7. The van der Waals surface area contributed by atoms with E-state index in [0.717, 1.165) is 0 Å². The van der Waals surface area contributed by atoms with Gasteiger partial charge in [0.2, 0.25) is 13.6 Å². The molecule has 2 N–H and O–H groups in total. The van der Waals surface area contributed by atoms with Crippen molar-refractivity contribution in [3.05, 3.63) is 132 Å². The molecule has 0 spiro atoms. The Morgan fingerprint density at radius 1 is 0.729 bits per heavy atom. The number of sulfone groups is 1. The lowest BCUT2D eigenvalue weighted by atomic mass is 10.1. The Labute approximate surface area is 341 Å². The first-order valence-corrected chi connectivity index (χ1v) is 22.7. The van der Waals surface area contributed by atoms with Crippen molar-refractivity contribution >= 4 is 35.0 Å². The molecular weight excluding hydrogens is 814 g/mol. The van der Waals surface area contributed by atoms with Gasteiger partial charge in [-0.3, -0.25) is 0 Å². The number of carbonyl (C=O) groups is 2. The average molecular weight is 859 g/mol. The van der Waals surface area contributed by atoms with Crippen LogP contribution < -0.4 is 24.1 Å². The average Bonchev–Trinajstić information content (AvgIpc) is 3.89. The van der Waals surface area contributed by atoms with Crippen molar-refractivity contribution in [2.24, 2.45) is 0 Å². The number of hydrogen-bond donors (Lipinski definition) is 2. The summed E-state index contributed by atoms with van der Waals surface area (Å²) in [5, 5.41) is 19.8. The Kier molecular flexibility index (Phi) is 15.9. The van der Waals surface area contributed by atoms with Crippen molar-refractivity contribution in [1.82, 2.24) is 0 Å².